The number of benzene rings is 1. The fourth-order valence-electron chi connectivity index (χ4n) is 5.54. The quantitative estimate of drug-likeness (QED) is 0.728. The highest BCUT2D eigenvalue weighted by Gasteiger charge is 2.47. The fourth-order valence-corrected chi connectivity index (χ4v) is 5.54. The van der Waals surface area contributed by atoms with E-state index in [1.807, 2.05) is 6.07 Å². The van der Waals surface area contributed by atoms with E-state index in [0.717, 1.165) is 36.0 Å². The van der Waals surface area contributed by atoms with Gasteiger partial charge in [-0.15, -0.1) is 0 Å². The number of hydrogen-bond acceptors (Lipinski definition) is 0. The van der Waals surface area contributed by atoms with Crippen LogP contribution in [0.2, 0.25) is 0 Å². The van der Waals surface area contributed by atoms with Gasteiger partial charge >= 0.3 is 0 Å². The van der Waals surface area contributed by atoms with Crippen LogP contribution in [0, 0.1) is 35.4 Å². The molecule has 1 aromatic rings. The first kappa shape index (κ1) is 11.9. The second-order valence-corrected chi connectivity index (χ2v) is 7.26. The van der Waals surface area contributed by atoms with Crippen molar-refractivity contribution >= 4 is 0 Å². The Hall–Kier alpha value is -0.850. The minimum Gasteiger partial charge on any atom is -0.207 e. The van der Waals surface area contributed by atoms with Gasteiger partial charge in [0, 0.05) is 0 Å². The maximum absolute atomic E-state index is 13.2. The Labute approximate surface area is 115 Å². The largest absolute Gasteiger partial charge is 0.207 e. The van der Waals surface area contributed by atoms with Gasteiger partial charge in [0.25, 0.3) is 0 Å². The fraction of sp³-hybridized carbons (Fsp3) is 0.667. The Morgan fingerprint density at radius 2 is 1.63 bits per heavy atom. The number of hydrogen-bond donors (Lipinski definition) is 0. The molecule has 4 aliphatic rings. The van der Waals surface area contributed by atoms with Gasteiger partial charge < -0.3 is 0 Å². The first-order valence-corrected chi connectivity index (χ1v) is 8.02. The molecule has 102 valence electrons. The zero-order valence-electron chi connectivity index (χ0n) is 11.5. The second kappa shape index (κ2) is 4.61. The lowest BCUT2D eigenvalue weighted by Gasteiger charge is -2.54. The zero-order valence-corrected chi connectivity index (χ0v) is 11.5. The van der Waals surface area contributed by atoms with Crippen LogP contribution in [0.25, 0.3) is 0 Å². The van der Waals surface area contributed by atoms with Crippen LogP contribution in [0.1, 0.15) is 44.1 Å². The van der Waals surface area contributed by atoms with E-state index in [4.69, 9.17) is 0 Å². The average Bonchev–Trinajstić information content (AvgIpc) is 2.37. The topological polar surface area (TPSA) is 0 Å². The van der Waals surface area contributed by atoms with Gasteiger partial charge in [-0.3, -0.25) is 0 Å². The van der Waals surface area contributed by atoms with Crippen molar-refractivity contribution in [1.29, 1.82) is 0 Å². The van der Waals surface area contributed by atoms with E-state index >= 15 is 0 Å². The summed E-state index contributed by atoms with van der Waals surface area (Å²) in [5.74, 6) is 4.99. The number of rotatable bonds is 3. The van der Waals surface area contributed by atoms with Crippen LogP contribution >= 0.6 is 0 Å². The predicted octanol–water partition coefficient (Wildman–Crippen LogP) is 4.83. The Morgan fingerprint density at radius 3 is 2.26 bits per heavy atom. The van der Waals surface area contributed by atoms with Crippen LogP contribution in [0.4, 0.5) is 4.39 Å². The van der Waals surface area contributed by atoms with Crippen molar-refractivity contribution in [3.63, 3.8) is 0 Å². The van der Waals surface area contributed by atoms with E-state index in [0.29, 0.717) is 0 Å². The van der Waals surface area contributed by atoms with E-state index in [-0.39, 0.29) is 5.82 Å². The predicted molar refractivity (Wildman–Crippen MR) is 75.3 cm³/mol. The van der Waals surface area contributed by atoms with Crippen molar-refractivity contribution < 1.29 is 4.39 Å². The van der Waals surface area contributed by atoms with Crippen molar-refractivity contribution in [2.45, 2.75) is 44.9 Å². The molecular weight excluding hydrogens is 235 g/mol. The molecular formula is C18H23F. The molecule has 0 nitrogen and oxygen atoms in total. The summed E-state index contributed by atoms with van der Waals surface area (Å²) >= 11 is 0. The highest BCUT2D eigenvalue weighted by molar-refractivity contribution is 5.16. The summed E-state index contributed by atoms with van der Waals surface area (Å²) < 4.78 is 13.2. The lowest BCUT2D eigenvalue weighted by Crippen LogP contribution is -2.45. The minimum absolute atomic E-state index is 0.0809. The number of halogens is 1. The van der Waals surface area contributed by atoms with Crippen molar-refractivity contribution in [2.75, 3.05) is 0 Å². The van der Waals surface area contributed by atoms with Crippen LogP contribution in [-0.4, -0.2) is 0 Å². The average molecular weight is 258 g/mol. The van der Waals surface area contributed by atoms with Gasteiger partial charge in [0.1, 0.15) is 5.82 Å². The van der Waals surface area contributed by atoms with Crippen LogP contribution in [0.5, 0.6) is 0 Å². The van der Waals surface area contributed by atoms with Crippen molar-refractivity contribution in [3.05, 3.63) is 35.6 Å². The Kier molecular flexibility index (Phi) is 2.90. The van der Waals surface area contributed by atoms with Gasteiger partial charge in [-0.1, -0.05) is 12.1 Å². The van der Waals surface area contributed by atoms with Gasteiger partial charge in [-0.25, -0.2) is 4.39 Å². The third kappa shape index (κ3) is 2.22. The lowest BCUT2D eigenvalue weighted by atomic mass is 9.51. The third-order valence-corrected chi connectivity index (χ3v) is 6.08. The van der Waals surface area contributed by atoms with Crippen molar-refractivity contribution in [1.82, 2.24) is 0 Å². The molecule has 4 aliphatic carbocycles. The maximum Gasteiger partial charge on any atom is 0.123 e. The van der Waals surface area contributed by atoms with Gasteiger partial charge in [0.05, 0.1) is 0 Å². The molecule has 0 aliphatic heterocycles. The molecule has 0 unspecified atom stereocenters. The smallest absolute Gasteiger partial charge is 0.123 e. The van der Waals surface area contributed by atoms with E-state index in [1.165, 1.54) is 44.1 Å². The Balaban J connectivity index is 1.43. The van der Waals surface area contributed by atoms with Crippen LogP contribution in [0.3, 0.4) is 0 Å². The van der Waals surface area contributed by atoms with Crippen LogP contribution < -0.4 is 0 Å². The molecule has 0 radical (unpaired) electrons. The lowest BCUT2D eigenvalue weighted by molar-refractivity contribution is -0.0394. The zero-order chi connectivity index (χ0) is 12.8. The third-order valence-electron chi connectivity index (χ3n) is 6.08. The standard InChI is InChI=1S/C18H23F/c19-17-3-1-2-12(11-17)4-5-18-15-7-13-6-14(9-15)10-16(18)8-13/h1-3,11,13-16,18H,4-10H2. The highest BCUT2D eigenvalue weighted by Crippen LogP contribution is 2.57. The SMILES string of the molecule is Fc1cccc(CCC2C3CC4CC(C3)CC2C4)c1. The van der Waals surface area contributed by atoms with Gasteiger partial charge in [-0.2, -0.15) is 0 Å². The van der Waals surface area contributed by atoms with Crippen LogP contribution in [-0.2, 0) is 6.42 Å². The molecule has 1 aromatic carbocycles. The summed E-state index contributed by atoms with van der Waals surface area (Å²) in [6, 6.07) is 7.20. The van der Waals surface area contributed by atoms with Crippen LogP contribution in [0.15, 0.2) is 24.3 Å². The first-order valence-electron chi connectivity index (χ1n) is 8.02. The van der Waals surface area contributed by atoms with E-state index in [1.54, 1.807) is 12.1 Å². The maximum atomic E-state index is 13.2. The highest BCUT2D eigenvalue weighted by atomic mass is 19.1. The molecule has 0 N–H and O–H groups in total. The monoisotopic (exact) mass is 258 g/mol. The van der Waals surface area contributed by atoms with Gasteiger partial charge in [0.2, 0.25) is 0 Å². The van der Waals surface area contributed by atoms with Crippen molar-refractivity contribution in [3.8, 4) is 0 Å². The molecule has 0 aromatic heterocycles. The molecule has 0 amide bonds. The summed E-state index contributed by atoms with van der Waals surface area (Å²) in [6.07, 6.45) is 9.90. The molecule has 4 bridgehead atoms. The Bertz CT molecular complexity index is 437. The molecule has 0 spiro atoms. The molecule has 19 heavy (non-hydrogen) atoms. The van der Waals surface area contributed by atoms with Gasteiger partial charge in [0.15, 0.2) is 0 Å². The molecule has 0 saturated heterocycles. The van der Waals surface area contributed by atoms with Crippen molar-refractivity contribution in [2.24, 2.45) is 29.6 Å². The molecule has 4 fully saturated rings. The summed E-state index contributed by atoms with van der Waals surface area (Å²) in [7, 11) is 0. The van der Waals surface area contributed by atoms with E-state index < -0.39 is 0 Å². The summed E-state index contributed by atoms with van der Waals surface area (Å²) in [5.41, 5.74) is 1.19. The molecule has 0 heterocycles. The first-order chi connectivity index (χ1) is 9.28. The molecule has 0 atom stereocenters. The number of aryl methyl sites for hydroxylation is 1. The normalized spacial score (nSPS) is 39.7. The summed E-state index contributed by atoms with van der Waals surface area (Å²) in [5, 5.41) is 0. The molecule has 1 heteroatoms. The van der Waals surface area contributed by atoms with E-state index in [9.17, 15) is 4.39 Å². The molecule has 5 rings (SSSR count). The van der Waals surface area contributed by atoms with Gasteiger partial charge in [-0.05, 0) is 92.2 Å². The second-order valence-electron chi connectivity index (χ2n) is 7.26. The van der Waals surface area contributed by atoms with E-state index in [2.05, 4.69) is 6.07 Å². The summed E-state index contributed by atoms with van der Waals surface area (Å²) in [6.45, 7) is 0. The molecule has 4 saturated carbocycles. The summed E-state index contributed by atoms with van der Waals surface area (Å²) in [4.78, 5) is 0. The Morgan fingerprint density at radius 1 is 0.947 bits per heavy atom. The minimum atomic E-state index is -0.0809.